The zero-order valence-electron chi connectivity index (χ0n) is 10.1. The van der Waals surface area contributed by atoms with Crippen LogP contribution in [-0.2, 0) is 0 Å². The standard InChI is InChI=1S/C12H7Cl3N4S/c1-20-12-16-10(15)6-5-19(18-11(6)17-12)8-4-2-3-7(13)9(8)14/h2-5H,1H3. The summed E-state index contributed by atoms with van der Waals surface area (Å²) in [7, 11) is 0. The first-order chi connectivity index (χ1) is 9.60. The molecule has 8 heteroatoms. The van der Waals surface area contributed by atoms with E-state index in [1.807, 2.05) is 12.3 Å². The summed E-state index contributed by atoms with van der Waals surface area (Å²) in [6, 6.07) is 5.34. The molecule has 0 saturated carbocycles. The number of halogens is 3. The number of benzene rings is 1. The fourth-order valence-electron chi connectivity index (χ4n) is 1.74. The van der Waals surface area contributed by atoms with E-state index in [-0.39, 0.29) is 0 Å². The van der Waals surface area contributed by atoms with Crippen molar-refractivity contribution in [1.82, 2.24) is 19.7 Å². The molecule has 0 radical (unpaired) electrons. The van der Waals surface area contributed by atoms with Gasteiger partial charge >= 0.3 is 0 Å². The average Bonchev–Trinajstić information content (AvgIpc) is 2.86. The van der Waals surface area contributed by atoms with E-state index < -0.39 is 0 Å². The lowest BCUT2D eigenvalue weighted by Gasteiger charge is -2.04. The molecule has 0 unspecified atom stereocenters. The molecule has 0 spiro atoms. The van der Waals surface area contributed by atoms with E-state index in [0.717, 1.165) is 0 Å². The van der Waals surface area contributed by atoms with Crippen LogP contribution in [0.4, 0.5) is 0 Å². The highest BCUT2D eigenvalue weighted by Gasteiger charge is 2.13. The molecular weight excluding hydrogens is 339 g/mol. The topological polar surface area (TPSA) is 43.6 Å². The quantitative estimate of drug-likeness (QED) is 0.390. The molecule has 0 aliphatic rings. The molecule has 0 aliphatic heterocycles. The van der Waals surface area contributed by atoms with Crippen LogP contribution >= 0.6 is 46.6 Å². The van der Waals surface area contributed by atoms with Crippen molar-refractivity contribution in [1.29, 1.82) is 0 Å². The van der Waals surface area contributed by atoms with Gasteiger partial charge in [0.05, 0.1) is 21.1 Å². The Labute approximate surface area is 134 Å². The highest BCUT2D eigenvalue weighted by Crippen LogP contribution is 2.30. The summed E-state index contributed by atoms with van der Waals surface area (Å²) < 4.78 is 1.60. The predicted octanol–water partition coefficient (Wildman–Crippen LogP) is 4.50. The molecule has 20 heavy (non-hydrogen) atoms. The second-order valence-electron chi connectivity index (χ2n) is 3.89. The fraction of sp³-hybridized carbons (Fsp3) is 0.0833. The first-order valence-electron chi connectivity index (χ1n) is 5.51. The van der Waals surface area contributed by atoms with Gasteiger partial charge in [-0.2, -0.15) is 0 Å². The molecule has 3 rings (SSSR count). The summed E-state index contributed by atoms with van der Waals surface area (Å²) >= 11 is 19.7. The molecule has 0 amide bonds. The zero-order chi connectivity index (χ0) is 14.3. The van der Waals surface area contributed by atoms with Crippen LogP contribution in [0.3, 0.4) is 0 Å². The molecule has 0 saturated heterocycles. The summed E-state index contributed by atoms with van der Waals surface area (Å²) in [5, 5.41) is 6.88. The number of rotatable bonds is 2. The molecule has 3 aromatic rings. The molecular formula is C12H7Cl3N4S. The van der Waals surface area contributed by atoms with Crippen LogP contribution < -0.4 is 0 Å². The molecule has 4 nitrogen and oxygen atoms in total. The monoisotopic (exact) mass is 344 g/mol. The van der Waals surface area contributed by atoms with Gasteiger partial charge in [0.15, 0.2) is 10.8 Å². The van der Waals surface area contributed by atoms with Gasteiger partial charge in [-0.3, -0.25) is 0 Å². The number of nitrogens with zero attached hydrogens (tertiary/aromatic N) is 4. The van der Waals surface area contributed by atoms with Crippen LogP contribution in [0.15, 0.2) is 29.6 Å². The Balaban J connectivity index is 2.23. The third kappa shape index (κ3) is 2.35. The van der Waals surface area contributed by atoms with Crippen LogP contribution in [0.5, 0.6) is 0 Å². The van der Waals surface area contributed by atoms with Crippen molar-refractivity contribution in [3.8, 4) is 5.69 Å². The van der Waals surface area contributed by atoms with Crippen LogP contribution in [0, 0.1) is 0 Å². The van der Waals surface area contributed by atoms with Crippen LogP contribution in [0.25, 0.3) is 16.7 Å². The lowest BCUT2D eigenvalue weighted by Crippen LogP contribution is -1.95. The Kier molecular flexibility index (Phi) is 3.77. The molecule has 102 valence electrons. The van der Waals surface area contributed by atoms with E-state index in [4.69, 9.17) is 34.8 Å². The van der Waals surface area contributed by atoms with Crippen LogP contribution in [0.1, 0.15) is 0 Å². The first-order valence-corrected chi connectivity index (χ1v) is 7.87. The van der Waals surface area contributed by atoms with Gasteiger partial charge in [0, 0.05) is 6.20 Å². The summed E-state index contributed by atoms with van der Waals surface area (Å²) in [6.07, 6.45) is 3.61. The fourth-order valence-corrected chi connectivity index (χ4v) is 2.74. The van der Waals surface area contributed by atoms with Gasteiger partial charge < -0.3 is 0 Å². The highest BCUT2D eigenvalue weighted by atomic mass is 35.5. The van der Waals surface area contributed by atoms with E-state index in [2.05, 4.69) is 15.1 Å². The minimum atomic E-state index is 0.365. The summed E-state index contributed by atoms with van der Waals surface area (Å²) in [4.78, 5) is 8.48. The van der Waals surface area contributed by atoms with Crippen molar-refractivity contribution in [3.63, 3.8) is 0 Å². The molecule has 2 aromatic heterocycles. The Bertz CT molecular complexity index is 803. The second-order valence-corrected chi connectivity index (χ2v) is 5.80. The summed E-state index contributed by atoms with van der Waals surface area (Å²) in [5.74, 6) is 0. The van der Waals surface area contributed by atoms with Crippen molar-refractivity contribution in [2.24, 2.45) is 0 Å². The molecule has 0 fully saturated rings. The van der Waals surface area contributed by atoms with Gasteiger partial charge in [0.25, 0.3) is 0 Å². The SMILES string of the molecule is CSc1nc(Cl)c2cn(-c3cccc(Cl)c3Cl)nc2n1. The smallest absolute Gasteiger partial charge is 0.190 e. The maximum absolute atomic E-state index is 6.19. The Morgan fingerprint density at radius 3 is 2.70 bits per heavy atom. The number of hydrogen-bond donors (Lipinski definition) is 0. The highest BCUT2D eigenvalue weighted by molar-refractivity contribution is 7.98. The maximum Gasteiger partial charge on any atom is 0.190 e. The van der Waals surface area contributed by atoms with Gasteiger partial charge in [-0.05, 0) is 18.4 Å². The number of aromatic nitrogens is 4. The summed E-state index contributed by atoms with van der Waals surface area (Å²) in [5.41, 5.74) is 1.18. The number of hydrogen-bond acceptors (Lipinski definition) is 4. The minimum Gasteiger partial charge on any atom is -0.236 e. The van der Waals surface area contributed by atoms with Gasteiger partial charge in [-0.1, -0.05) is 52.6 Å². The van der Waals surface area contributed by atoms with Crippen LogP contribution in [0.2, 0.25) is 15.2 Å². The Morgan fingerprint density at radius 2 is 1.95 bits per heavy atom. The van der Waals surface area contributed by atoms with Gasteiger partial charge in [0.2, 0.25) is 0 Å². The van der Waals surface area contributed by atoms with Crippen molar-refractivity contribution in [3.05, 3.63) is 39.6 Å². The zero-order valence-corrected chi connectivity index (χ0v) is 13.2. The lowest BCUT2D eigenvalue weighted by atomic mass is 10.3. The number of fused-ring (bicyclic) bond motifs is 1. The Morgan fingerprint density at radius 1 is 1.15 bits per heavy atom. The van der Waals surface area contributed by atoms with E-state index >= 15 is 0 Å². The molecule has 0 bridgehead atoms. The molecule has 2 heterocycles. The predicted molar refractivity (Wildman–Crippen MR) is 83.5 cm³/mol. The second kappa shape index (κ2) is 5.41. The van der Waals surface area contributed by atoms with E-state index in [1.54, 1.807) is 23.0 Å². The lowest BCUT2D eigenvalue weighted by molar-refractivity contribution is 0.881. The molecule has 1 aromatic carbocycles. The van der Waals surface area contributed by atoms with Crippen molar-refractivity contribution in [2.75, 3.05) is 6.26 Å². The largest absolute Gasteiger partial charge is 0.236 e. The van der Waals surface area contributed by atoms with E-state index in [0.29, 0.717) is 37.1 Å². The third-order valence-corrected chi connectivity index (χ3v) is 4.32. The van der Waals surface area contributed by atoms with E-state index in [1.165, 1.54) is 11.8 Å². The Hall–Kier alpha value is -1.01. The van der Waals surface area contributed by atoms with Gasteiger partial charge in [-0.25, -0.2) is 14.6 Å². The normalized spacial score (nSPS) is 11.2. The van der Waals surface area contributed by atoms with Crippen molar-refractivity contribution in [2.45, 2.75) is 5.16 Å². The van der Waals surface area contributed by atoms with E-state index in [9.17, 15) is 0 Å². The summed E-state index contributed by atoms with van der Waals surface area (Å²) in [6.45, 7) is 0. The average molecular weight is 346 g/mol. The first kappa shape index (κ1) is 13.9. The molecule has 0 N–H and O–H groups in total. The van der Waals surface area contributed by atoms with Gasteiger partial charge in [0.1, 0.15) is 5.15 Å². The number of thioether (sulfide) groups is 1. The van der Waals surface area contributed by atoms with Crippen LogP contribution in [-0.4, -0.2) is 26.0 Å². The van der Waals surface area contributed by atoms with Crippen molar-refractivity contribution < 1.29 is 0 Å². The molecule has 0 atom stereocenters. The minimum absolute atomic E-state index is 0.365. The third-order valence-electron chi connectivity index (χ3n) is 2.67. The van der Waals surface area contributed by atoms with Gasteiger partial charge in [-0.15, -0.1) is 5.10 Å². The molecule has 0 aliphatic carbocycles. The maximum atomic E-state index is 6.19. The van der Waals surface area contributed by atoms with Crippen molar-refractivity contribution >= 4 is 57.6 Å².